The summed E-state index contributed by atoms with van der Waals surface area (Å²) in [6.07, 6.45) is 0. The van der Waals surface area contributed by atoms with Crippen molar-refractivity contribution in [3.05, 3.63) is 55.3 Å². The Morgan fingerprint density at radius 2 is 1.81 bits per heavy atom. The van der Waals surface area contributed by atoms with Crippen molar-refractivity contribution in [1.29, 1.82) is 0 Å². The molecule has 0 saturated carbocycles. The molecule has 0 unspecified atom stereocenters. The van der Waals surface area contributed by atoms with Gasteiger partial charge in [0.05, 0.1) is 10.5 Å². The molecular weight excluding hydrogens is 446 g/mol. The summed E-state index contributed by atoms with van der Waals surface area (Å²) in [5, 5.41) is 0.938. The van der Waals surface area contributed by atoms with Crippen molar-refractivity contribution in [2.75, 3.05) is 0 Å². The monoisotopic (exact) mass is 448 g/mol. The zero-order chi connectivity index (χ0) is 15.1. The van der Waals surface area contributed by atoms with E-state index in [-0.39, 0.29) is 16.0 Å². The molecule has 1 heterocycles. The van der Waals surface area contributed by atoms with E-state index < -0.39 is 5.82 Å². The normalized spacial score (nSPS) is 11.1. The number of benzene rings is 2. The average Bonchev–Trinajstić information content (AvgIpc) is 2.43. The molecule has 0 aliphatic heterocycles. The standard InChI is InChI=1S/C14H5Br2Cl2FN2/c15-6-4-8-12(9(16)5-6)20-14(21-13(8)18)7-2-1-3-10(19)11(7)17/h1-5H. The molecule has 2 nitrogen and oxygen atoms in total. The Kier molecular flexibility index (Phi) is 4.19. The third-order valence-electron chi connectivity index (χ3n) is 2.86. The van der Waals surface area contributed by atoms with Crippen molar-refractivity contribution in [1.82, 2.24) is 9.97 Å². The summed E-state index contributed by atoms with van der Waals surface area (Å²) in [4.78, 5) is 8.65. The molecule has 7 heteroatoms. The maximum atomic E-state index is 13.6. The second-order valence-electron chi connectivity index (χ2n) is 4.22. The summed E-state index contributed by atoms with van der Waals surface area (Å²) in [6.45, 7) is 0. The first-order valence-electron chi connectivity index (χ1n) is 5.74. The second-order valence-corrected chi connectivity index (χ2v) is 6.73. The molecular formula is C14H5Br2Cl2FN2. The first kappa shape index (κ1) is 15.2. The van der Waals surface area contributed by atoms with Gasteiger partial charge in [-0.25, -0.2) is 14.4 Å². The van der Waals surface area contributed by atoms with Gasteiger partial charge in [0, 0.05) is 19.9 Å². The maximum Gasteiger partial charge on any atom is 0.163 e. The smallest absolute Gasteiger partial charge is 0.163 e. The predicted octanol–water partition coefficient (Wildman–Crippen LogP) is 6.27. The van der Waals surface area contributed by atoms with Crippen LogP contribution in [0.3, 0.4) is 0 Å². The molecule has 0 saturated heterocycles. The highest BCUT2D eigenvalue weighted by Gasteiger charge is 2.15. The third kappa shape index (κ3) is 2.80. The van der Waals surface area contributed by atoms with Gasteiger partial charge in [0.25, 0.3) is 0 Å². The van der Waals surface area contributed by atoms with Crippen LogP contribution in [0.5, 0.6) is 0 Å². The molecule has 0 N–H and O–H groups in total. The summed E-state index contributed by atoms with van der Waals surface area (Å²) >= 11 is 19.0. The van der Waals surface area contributed by atoms with Gasteiger partial charge in [-0.3, -0.25) is 0 Å². The summed E-state index contributed by atoms with van der Waals surface area (Å²) < 4.78 is 15.2. The van der Waals surface area contributed by atoms with Crippen LogP contribution in [-0.4, -0.2) is 9.97 Å². The molecule has 106 valence electrons. The summed E-state index contributed by atoms with van der Waals surface area (Å²) in [7, 11) is 0. The van der Waals surface area contributed by atoms with Crippen molar-refractivity contribution in [3.63, 3.8) is 0 Å². The molecule has 0 atom stereocenters. The Morgan fingerprint density at radius 1 is 1.05 bits per heavy atom. The number of nitrogens with zero attached hydrogens (tertiary/aromatic N) is 2. The fourth-order valence-corrected chi connectivity index (χ4v) is 3.67. The number of rotatable bonds is 1. The van der Waals surface area contributed by atoms with Gasteiger partial charge in [0.15, 0.2) is 5.82 Å². The second kappa shape index (κ2) is 5.80. The topological polar surface area (TPSA) is 25.8 Å². The van der Waals surface area contributed by atoms with Gasteiger partial charge < -0.3 is 0 Å². The van der Waals surface area contributed by atoms with Gasteiger partial charge in [-0.05, 0) is 40.2 Å². The molecule has 0 aliphatic rings. The van der Waals surface area contributed by atoms with Gasteiger partial charge in [-0.15, -0.1) is 0 Å². The van der Waals surface area contributed by atoms with E-state index >= 15 is 0 Å². The quantitative estimate of drug-likeness (QED) is 0.408. The molecule has 3 aromatic rings. The van der Waals surface area contributed by atoms with E-state index in [0.717, 1.165) is 8.95 Å². The van der Waals surface area contributed by atoms with E-state index in [1.807, 2.05) is 12.1 Å². The maximum absolute atomic E-state index is 13.6. The van der Waals surface area contributed by atoms with Crippen molar-refractivity contribution in [2.45, 2.75) is 0 Å². The van der Waals surface area contributed by atoms with Gasteiger partial charge >= 0.3 is 0 Å². The van der Waals surface area contributed by atoms with Crippen LogP contribution in [0.1, 0.15) is 0 Å². The van der Waals surface area contributed by atoms with Gasteiger partial charge in [0.1, 0.15) is 11.0 Å². The number of hydrogen-bond donors (Lipinski definition) is 0. The molecule has 21 heavy (non-hydrogen) atoms. The Labute approximate surface area is 146 Å². The van der Waals surface area contributed by atoms with Crippen LogP contribution in [-0.2, 0) is 0 Å². The first-order valence-corrected chi connectivity index (χ1v) is 8.08. The summed E-state index contributed by atoms with van der Waals surface area (Å²) in [5.74, 6) is -0.246. The minimum absolute atomic E-state index is 0.0267. The van der Waals surface area contributed by atoms with E-state index in [2.05, 4.69) is 41.8 Å². The first-order chi connectivity index (χ1) is 9.97. The molecule has 0 bridgehead atoms. The van der Waals surface area contributed by atoms with Crippen LogP contribution in [0.25, 0.3) is 22.3 Å². The van der Waals surface area contributed by atoms with Crippen LogP contribution >= 0.6 is 55.1 Å². The molecule has 0 fully saturated rings. The highest BCUT2D eigenvalue weighted by Crippen LogP contribution is 2.34. The Balaban J connectivity index is 2.33. The fraction of sp³-hybridized carbons (Fsp3) is 0. The van der Waals surface area contributed by atoms with Crippen molar-refractivity contribution in [2.24, 2.45) is 0 Å². The molecule has 3 rings (SSSR count). The number of halogens is 5. The Morgan fingerprint density at radius 3 is 2.57 bits per heavy atom. The van der Waals surface area contributed by atoms with E-state index in [0.29, 0.717) is 16.5 Å². The lowest BCUT2D eigenvalue weighted by Gasteiger charge is -2.08. The molecule has 2 aromatic carbocycles. The molecule has 0 amide bonds. The van der Waals surface area contributed by atoms with Crippen molar-refractivity contribution >= 4 is 66.0 Å². The minimum Gasteiger partial charge on any atom is -0.227 e. The van der Waals surface area contributed by atoms with E-state index in [1.165, 1.54) is 6.07 Å². The SMILES string of the molecule is Fc1cccc(-c2nc(Cl)c3cc(Br)cc(Br)c3n2)c1Cl. The van der Waals surface area contributed by atoms with Crippen LogP contribution in [0, 0.1) is 5.82 Å². The lowest BCUT2D eigenvalue weighted by molar-refractivity contribution is 0.628. The molecule has 0 aliphatic carbocycles. The molecule has 1 aromatic heterocycles. The van der Waals surface area contributed by atoms with Crippen LogP contribution in [0.15, 0.2) is 39.3 Å². The lowest BCUT2D eigenvalue weighted by atomic mass is 10.2. The third-order valence-corrected chi connectivity index (χ3v) is 4.60. The Bertz CT molecular complexity index is 871. The number of fused-ring (bicyclic) bond motifs is 1. The number of hydrogen-bond acceptors (Lipinski definition) is 2. The van der Waals surface area contributed by atoms with Crippen molar-refractivity contribution < 1.29 is 4.39 Å². The molecule has 0 radical (unpaired) electrons. The van der Waals surface area contributed by atoms with Crippen LogP contribution in [0.4, 0.5) is 4.39 Å². The van der Waals surface area contributed by atoms with Gasteiger partial charge in [-0.2, -0.15) is 0 Å². The number of aromatic nitrogens is 2. The zero-order valence-electron chi connectivity index (χ0n) is 10.2. The summed E-state index contributed by atoms with van der Waals surface area (Å²) in [6, 6.07) is 8.15. The van der Waals surface area contributed by atoms with E-state index in [4.69, 9.17) is 23.2 Å². The van der Waals surface area contributed by atoms with Gasteiger partial charge in [0.2, 0.25) is 0 Å². The van der Waals surface area contributed by atoms with Crippen LogP contribution < -0.4 is 0 Å². The molecule has 0 spiro atoms. The Hall–Kier alpha value is -0.750. The van der Waals surface area contributed by atoms with Crippen molar-refractivity contribution in [3.8, 4) is 11.4 Å². The van der Waals surface area contributed by atoms with Crippen LogP contribution in [0.2, 0.25) is 10.2 Å². The summed E-state index contributed by atoms with van der Waals surface area (Å²) in [5.41, 5.74) is 1.03. The lowest BCUT2D eigenvalue weighted by Crippen LogP contribution is -1.94. The zero-order valence-corrected chi connectivity index (χ0v) is 14.9. The largest absolute Gasteiger partial charge is 0.227 e. The van der Waals surface area contributed by atoms with E-state index in [1.54, 1.807) is 12.1 Å². The van der Waals surface area contributed by atoms with E-state index in [9.17, 15) is 4.39 Å². The predicted molar refractivity (Wildman–Crippen MR) is 90.4 cm³/mol. The van der Waals surface area contributed by atoms with Gasteiger partial charge in [-0.1, -0.05) is 45.2 Å². The highest BCUT2D eigenvalue weighted by atomic mass is 79.9. The highest BCUT2D eigenvalue weighted by molar-refractivity contribution is 9.11. The fourth-order valence-electron chi connectivity index (χ4n) is 1.92. The minimum atomic E-state index is -0.524. The average molecular weight is 451 g/mol.